The number of phenolic OH excluding ortho intramolecular Hbond substituents is 1. The molecule has 1 fully saturated rings. The van der Waals surface area contributed by atoms with Crippen LogP contribution in [-0.4, -0.2) is 69.0 Å². The van der Waals surface area contributed by atoms with Gasteiger partial charge in [-0.15, -0.1) is 0 Å². The SMILES string of the molecule is CCCCOCCCNC(=NC)N1CCN(c2ccccc2O)CC1. The zero-order chi connectivity index (χ0) is 17.9. The van der Waals surface area contributed by atoms with Gasteiger partial charge in [0.2, 0.25) is 0 Å². The first kappa shape index (κ1) is 19.4. The van der Waals surface area contributed by atoms with E-state index < -0.39 is 0 Å². The zero-order valence-electron chi connectivity index (χ0n) is 15.6. The number of hydrogen-bond acceptors (Lipinski definition) is 4. The number of benzene rings is 1. The maximum atomic E-state index is 10.0. The van der Waals surface area contributed by atoms with Crippen LogP contribution < -0.4 is 10.2 Å². The molecule has 0 atom stereocenters. The largest absolute Gasteiger partial charge is 0.506 e. The van der Waals surface area contributed by atoms with Gasteiger partial charge in [0.05, 0.1) is 5.69 Å². The molecule has 0 aliphatic carbocycles. The molecule has 0 bridgehead atoms. The van der Waals surface area contributed by atoms with Gasteiger partial charge in [-0.1, -0.05) is 25.5 Å². The van der Waals surface area contributed by atoms with Crippen molar-refractivity contribution in [2.75, 3.05) is 57.9 Å². The van der Waals surface area contributed by atoms with E-state index in [2.05, 4.69) is 27.0 Å². The van der Waals surface area contributed by atoms with Gasteiger partial charge >= 0.3 is 0 Å². The van der Waals surface area contributed by atoms with E-state index in [0.29, 0.717) is 5.75 Å². The maximum absolute atomic E-state index is 10.0. The highest BCUT2D eigenvalue weighted by Crippen LogP contribution is 2.27. The van der Waals surface area contributed by atoms with Gasteiger partial charge in [0.25, 0.3) is 0 Å². The fourth-order valence-corrected chi connectivity index (χ4v) is 2.95. The monoisotopic (exact) mass is 348 g/mol. The minimum Gasteiger partial charge on any atom is -0.506 e. The number of hydrogen-bond donors (Lipinski definition) is 2. The van der Waals surface area contributed by atoms with Crippen LogP contribution in [0.1, 0.15) is 26.2 Å². The lowest BCUT2D eigenvalue weighted by Gasteiger charge is -2.37. The third-order valence-electron chi connectivity index (χ3n) is 4.40. The molecule has 0 amide bonds. The molecule has 25 heavy (non-hydrogen) atoms. The molecule has 0 aromatic heterocycles. The van der Waals surface area contributed by atoms with Crippen molar-refractivity contribution in [3.8, 4) is 5.75 Å². The van der Waals surface area contributed by atoms with Crippen LogP contribution in [0.2, 0.25) is 0 Å². The average molecular weight is 348 g/mol. The quantitative estimate of drug-likeness (QED) is 0.429. The summed E-state index contributed by atoms with van der Waals surface area (Å²) in [5.41, 5.74) is 0.911. The fraction of sp³-hybridized carbons (Fsp3) is 0.632. The number of phenols is 1. The minimum absolute atomic E-state index is 0.349. The first-order valence-corrected chi connectivity index (χ1v) is 9.32. The molecule has 0 unspecified atom stereocenters. The van der Waals surface area contributed by atoms with E-state index in [1.165, 1.54) is 6.42 Å². The molecule has 1 saturated heterocycles. The van der Waals surface area contributed by atoms with Crippen molar-refractivity contribution >= 4 is 11.6 Å². The molecule has 1 aromatic rings. The van der Waals surface area contributed by atoms with Gasteiger partial charge in [-0.3, -0.25) is 4.99 Å². The van der Waals surface area contributed by atoms with E-state index in [0.717, 1.165) is 70.4 Å². The number of nitrogens with one attached hydrogen (secondary N) is 1. The van der Waals surface area contributed by atoms with Crippen molar-refractivity contribution in [1.82, 2.24) is 10.2 Å². The predicted octanol–water partition coefficient (Wildman–Crippen LogP) is 2.30. The second-order valence-corrected chi connectivity index (χ2v) is 6.26. The molecule has 0 radical (unpaired) electrons. The van der Waals surface area contributed by atoms with Crippen LogP contribution in [0.3, 0.4) is 0 Å². The van der Waals surface area contributed by atoms with Crippen molar-refractivity contribution < 1.29 is 9.84 Å². The number of guanidine groups is 1. The van der Waals surface area contributed by atoms with Gasteiger partial charge < -0.3 is 25.0 Å². The summed E-state index contributed by atoms with van der Waals surface area (Å²) in [6.07, 6.45) is 3.30. The Morgan fingerprint density at radius 3 is 2.56 bits per heavy atom. The molecular formula is C19H32N4O2. The Labute approximate surface area is 151 Å². The summed E-state index contributed by atoms with van der Waals surface area (Å²) in [7, 11) is 1.83. The first-order valence-electron chi connectivity index (χ1n) is 9.32. The van der Waals surface area contributed by atoms with Crippen LogP contribution in [0.15, 0.2) is 29.3 Å². The van der Waals surface area contributed by atoms with E-state index >= 15 is 0 Å². The molecule has 1 aliphatic heterocycles. The normalized spacial score (nSPS) is 15.5. The first-order chi connectivity index (χ1) is 12.3. The summed E-state index contributed by atoms with van der Waals surface area (Å²) in [6.45, 7) is 8.23. The number of nitrogens with zero attached hydrogens (tertiary/aromatic N) is 3. The Balaban J connectivity index is 1.70. The van der Waals surface area contributed by atoms with E-state index in [4.69, 9.17) is 4.74 Å². The van der Waals surface area contributed by atoms with Crippen molar-refractivity contribution in [2.24, 2.45) is 4.99 Å². The standard InChI is InChI=1S/C19H32N4O2/c1-3-4-15-25-16-7-10-21-19(20-2)23-13-11-22(12-14-23)17-8-5-6-9-18(17)24/h5-6,8-9,24H,3-4,7,10-16H2,1-2H3,(H,20,21). The van der Waals surface area contributed by atoms with Crippen molar-refractivity contribution in [3.05, 3.63) is 24.3 Å². The van der Waals surface area contributed by atoms with Gasteiger partial charge in [-0.25, -0.2) is 0 Å². The smallest absolute Gasteiger partial charge is 0.193 e. The number of aromatic hydroxyl groups is 1. The highest BCUT2D eigenvalue weighted by molar-refractivity contribution is 5.80. The third kappa shape index (κ3) is 6.12. The van der Waals surface area contributed by atoms with Crippen molar-refractivity contribution in [3.63, 3.8) is 0 Å². The van der Waals surface area contributed by atoms with Crippen molar-refractivity contribution in [1.29, 1.82) is 0 Å². The Bertz CT molecular complexity index is 528. The highest BCUT2D eigenvalue weighted by atomic mass is 16.5. The van der Waals surface area contributed by atoms with Crippen LogP contribution in [-0.2, 0) is 4.74 Å². The molecule has 2 rings (SSSR count). The van der Waals surface area contributed by atoms with Gasteiger partial charge in [0.1, 0.15) is 5.75 Å². The van der Waals surface area contributed by atoms with E-state index in [1.807, 2.05) is 25.2 Å². The van der Waals surface area contributed by atoms with Crippen LogP contribution >= 0.6 is 0 Å². The Morgan fingerprint density at radius 2 is 1.88 bits per heavy atom. The van der Waals surface area contributed by atoms with Crippen LogP contribution in [0, 0.1) is 0 Å². The number of unbranched alkanes of at least 4 members (excludes halogenated alkanes) is 1. The van der Waals surface area contributed by atoms with E-state index in [1.54, 1.807) is 6.07 Å². The highest BCUT2D eigenvalue weighted by Gasteiger charge is 2.21. The molecule has 6 heteroatoms. The Hall–Kier alpha value is -1.95. The molecule has 0 saturated carbocycles. The minimum atomic E-state index is 0.349. The Morgan fingerprint density at radius 1 is 1.16 bits per heavy atom. The molecule has 2 N–H and O–H groups in total. The summed E-state index contributed by atoms with van der Waals surface area (Å²) in [4.78, 5) is 8.89. The van der Waals surface area contributed by atoms with Crippen LogP contribution in [0.4, 0.5) is 5.69 Å². The van der Waals surface area contributed by atoms with Crippen LogP contribution in [0.25, 0.3) is 0 Å². The van der Waals surface area contributed by atoms with Crippen LogP contribution in [0.5, 0.6) is 5.75 Å². The lowest BCUT2D eigenvalue weighted by Crippen LogP contribution is -2.52. The predicted molar refractivity (Wildman–Crippen MR) is 104 cm³/mol. The second-order valence-electron chi connectivity index (χ2n) is 6.26. The number of piperazine rings is 1. The summed E-state index contributed by atoms with van der Waals surface area (Å²) in [6, 6.07) is 7.53. The number of rotatable bonds is 8. The maximum Gasteiger partial charge on any atom is 0.193 e. The Kier molecular flexibility index (Phi) is 8.39. The number of aliphatic imine (C=N–C) groups is 1. The molecule has 1 heterocycles. The summed E-state index contributed by atoms with van der Waals surface area (Å²) >= 11 is 0. The summed E-state index contributed by atoms with van der Waals surface area (Å²) < 4.78 is 5.59. The molecular weight excluding hydrogens is 316 g/mol. The molecule has 1 aromatic carbocycles. The number of para-hydroxylation sites is 2. The molecule has 140 valence electrons. The van der Waals surface area contributed by atoms with Crippen molar-refractivity contribution in [2.45, 2.75) is 26.2 Å². The molecule has 0 spiro atoms. The number of anilines is 1. The van der Waals surface area contributed by atoms with Gasteiger partial charge in [0.15, 0.2) is 5.96 Å². The fourth-order valence-electron chi connectivity index (χ4n) is 2.95. The van der Waals surface area contributed by atoms with Gasteiger partial charge in [-0.05, 0) is 25.0 Å². The lowest BCUT2D eigenvalue weighted by molar-refractivity contribution is 0.129. The van der Waals surface area contributed by atoms with E-state index in [9.17, 15) is 5.11 Å². The lowest BCUT2D eigenvalue weighted by atomic mass is 10.2. The molecule has 1 aliphatic rings. The second kappa shape index (κ2) is 10.8. The van der Waals surface area contributed by atoms with Gasteiger partial charge in [-0.2, -0.15) is 0 Å². The summed E-state index contributed by atoms with van der Waals surface area (Å²) in [5.74, 6) is 1.30. The van der Waals surface area contributed by atoms with Gasteiger partial charge in [0, 0.05) is 53.0 Å². The average Bonchev–Trinajstić information content (AvgIpc) is 2.65. The topological polar surface area (TPSA) is 60.3 Å². The third-order valence-corrected chi connectivity index (χ3v) is 4.40. The summed E-state index contributed by atoms with van der Waals surface area (Å²) in [5, 5.41) is 13.4. The van der Waals surface area contributed by atoms with E-state index in [-0.39, 0.29) is 0 Å². The number of ether oxygens (including phenoxy) is 1. The molecule has 6 nitrogen and oxygen atoms in total. The zero-order valence-corrected chi connectivity index (χ0v) is 15.6.